The Morgan fingerprint density at radius 3 is 2.41 bits per heavy atom. The molecule has 0 spiro atoms. The van der Waals surface area contributed by atoms with Gasteiger partial charge in [0.15, 0.2) is 0 Å². The Bertz CT molecular complexity index is 378. The van der Waals surface area contributed by atoms with Gasteiger partial charge in [-0.05, 0) is 59.3 Å². The van der Waals surface area contributed by atoms with Crippen molar-refractivity contribution < 1.29 is 9.53 Å². The van der Waals surface area contributed by atoms with Gasteiger partial charge in [0.1, 0.15) is 5.60 Å². The zero-order valence-corrected chi connectivity index (χ0v) is 15.0. The highest BCUT2D eigenvalue weighted by Gasteiger charge is 2.33. The lowest BCUT2D eigenvalue weighted by Gasteiger charge is -2.41. The summed E-state index contributed by atoms with van der Waals surface area (Å²) in [5.74, 6) is 0.785. The van der Waals surface area contributed by atoms with Crippen LogP contribution in [0.3, 0.4) is 0 Å². The molecule has 4 heteroatoms. The normalized spacial score (nSPS) is 33.6. The molecule has 1 amide bonds. The monoisotopic (exact) mass is 310 g/mol. The maximum Gasteiger partial charge on any atom is 0.410 e. The number of ether oxygens (including phenoxy) is 1. The lowest BCUT2D eigenvalue weighted by Crippen LogP contribution is -2.53. The smallest absolute Gasteiger partial charge is 0.410 e. The lowest BCUT2D eigenvalue weighted by molar-refractivity contribution is 0.00847. The Balaban J connectivity index is 1.83. The van der Waals surface area contributed by atoms with Crippen LogP contribution >= 0.6 is 0 Å². The molecule has 0 radical (unpaired) electrons. The van der Waals surface area contributed by atoms with Crippen molar-refractivity contribution in [1.29, 1.82) is 0 Å². The lowest BCUT2D eigenvalue weighted by atomic mass is 9.84. The van der Waals surface area contributed by atoms with Crippen LogP contribution in [0.1, 0.15) is 73.1 Å². The highest BCUT2D eigenvalue weighted by Crippen LogP contribution is 2.27. The topological polar surface area (TPSA) is 41.6 Å². The van der Waals surface area contributed by atoms with Gasteiger partial charge in [0, 0.05) is 24.7 Å². The number of carbonyl (C=O) groups is 1. The molecule has 1 aliphatic carbocycles. The van der Waals surface area contributed by atoms with Crippen LogP contribution in [0.25, 0.3) is 0 Å². The Morgan fingerprint density at radius 1 is 1.14 bits per heavy atom. The van der Waals surface area contributed by atoms with Crippen molar-refractivity contribution in [2.24, 2.45) is 5.92 Å². The highest BCUT2D eigenvalue weighted by atomic mass is 16.6. The van der Waals surface area contributed by atoms with Gasteiger partial charge in [0.05, 0.1) is 0 Å². The van der Waals surface area contributed by atoms with E-state index in [0.717, 1.165) is 25.3 Å². The molecular formula is C18H34N2O2. The molecular weight excluding hydrogens is 276 g/mol. The molecule has 4 unspecified atom stereocenters. The fourth-order valence-electron chi connectivity index (χ4n) is 3.78. The Hall–Kier alpha value is -0.770. The predicted octanol–water partition coefficient (Wildman–Crippen LogP) is 3.94. The quantitative estimate of drug-likeness (QED) is 0.840. The first-order chi connectivity index (χ1) is 10.3. The van der Waals surface area contributed by atoms with Gasteiger partial charge in [-0.2, -0.15) is 0 Å². The molecule has 22 heavy (non-hydrogen) atoms. The van der Waals surface area contributed by atoms with Crippen molar-refractivity contribution in [3.63, 3.8) is 0 Å². The number of rotatable bonds is 2. The number of nitrogens with one attached hydrogen (secondary N) is 1. The predicted molar refractivity (Wildman–Crippen MR) is 90.0 cm³/mol. The summed E-state index contributed by atoms with van der Waals surface area (Å²) >= 11 is 0. The van der Waals surface area contributed by atoms with E-state index in [9.17, 15) is 4.79 Å². The highest BCUT2D eigenvalue weighted by molar-refractivity contribution is 5.68. The van der Waals surface area contributed by atoms with Gasteiger partial charge in [0.2, 0.25) is 0 Å². The molecule has 0 aromatic carbocycles. The van der Waals surface area contributed by atoms with Crippen LogP contribution in [0.15, 0.2) is 0 Å². The fourth-order valence-corrected chi connectivity index (χ4v) is 3.78. The molecule has 2 aliphatic rings. The van der Waals surface area contributed by atoms with Gasteiger partial charge >= 0.3 is 6.09 Å². The van der Waals surface area contributed by atoms with E-state index in [0.29, 0.717) is 12.1 Å². The molecule has 1 saturated carbocycles. The van der Waals surface area contributed by atoms with Crippen molar-refractivity contribution in [2.75, 3.05) is 6.54 Å². The fraction of sp³-hybridized carbons (Fsp3) is 0.944. The van der Waals surface area contributed by atoms with Crippen molar-refractivity contribution in [3.8, 4) is 0 Å². The molecule has 1 saturated heterocycles. The van der Waals surface area contributed by atoms with Crippen molar-refractivity contribution in [3.05, 3.63) is 0 Å². The summed E-state index contributed by atoms with van der Waals surface area (Å²) in [5, 5.41) is 3.87. The zero-order chi connectivity index (χ0) is 16.3. The van der Waals surface area contributed by atoms with Gasteiger partial charge in [0.25, 0.3) is 0 Å². The number of likely N-dealkylation sites (tertiary alicyclic amines) is 1. The first kappa shape index (κ1) is 17.6. The Morgan fingerprint density at radius 2 is 1.82 bits per heavy atom. The van der Waals surface area contributed by atoms with Crippen LogP contribution in [-0.4, -0.2) is 41.3 Å². The zero-order valence-electron chi connectivity index (χ0n) is 15.0. The van der Waals surface area contributed by atoms with E-state index in [-0.39, 0.29) is 12.1 Å². The summed E-state index contributed by atoms with van der Waals surface area (Å²) in [6, 6.07) is 1.46. The minimum absolute atomic E-state index is 0.163. The van der Waals surface area contributed by atoms with Crippen LogP contribution < -0.4 is 5.32 Å². The number of hydrogen-bond acceptors (Lipinski definition) is 3. The number of piperidine rings is 1. The molecule has 0 aromatic heterocycles. The third-order valence-corrected chi connectivity index (χ3v) is 5.07. The second kappa shape index (κ2) is 7.20. The molecule has 1 N–H and O–H groups in total. The van der Waals surface area contributed by atoms with Gasteiger partial charge in [-0.15, -0.1) is 0 Å². The second-order valence-corrected chi connectivity index (χ2v) is 8.28. The number of amides is 1. The van der Waals surface area contributed by atoms with Crippen LogP contribution in [0.2, 0.25) is 0 Å². The molecule has 2 rings (SSSR count). The molecule has 2 fully saturated rings. The van der Waals surface area contributed by atoms with Crippen molar-refractivity contribution in [1.82, 2.24) is 10.2 Å². The van der Waals surface area contributed by atoms with Crippen LogP contribution in [0.4, 0.5) is 4.79 Å². The maximum absolute atomic E-state index is 12.3. The first-order valence-corrected chi connectivity index (χ1v) is 9.02. The van der Waals surface area contributed by atoms with Crippen molar-refractivity contribution in [2.45, 2.75) is 96.9 Å². The average Bonchev–Trinajstić information content (AvgIpc) is 2.39. The van der Waals surface area contributed by atoms with E-state index in [4.69, 9.17) is 4.74 Å². The van der Waals surface area contributed by atoms with Gasteiger partial charge in [-0.3, -0.25) is 0 Å². The second-order valence-electron chi connectivity index (χ2n) is 8.28. The third kappa shape index (κ3) is 4.87. The molecule has 4 nitrogen and oxygen atoms in total. The minimum Gasteiger partial charge on any atom is -0.444 e. The van der Waals surface area contributed by atoms with Crippen LogP contribution in [-0.2, 0) is 4.74 Å². The van der Waals surface area contributed by atoms with Gasteiger partial charge in [-0.1, -0.05) is 19.8 Å². The minimum atomic E-state index is -0.413. The molecule has 1 heterocycles. The molecule has 0 aromatic rings. The number of hydrogen-bond donors (Lipinski definition) is 1. The van der Waals surface area contributed by atoms with E-state index in [1.54, 1.807) is 0 Å². The van der Waals surface area contributed by atoms with E-state index < -0.39 is 5.60 Å². The standard InChI is InChI=1S/C18H34N2O2/c1-13-8-6-7-9-16(13)19-15-10-11-20(14(2)12-15)17(21)22-18(3,4)5/h13-16,19H,6-12H2,1-5H3. The molecule has 128 valence electrons. The van der Waals surface area contributed by atoms with Gasteiger partial charge < -0.3 is 15.0 Å². The summed E-state index contributed by atoms with van der Waals surface area (Å²) < 4.78 is 5.52. The summed E-state index contributed by atoms with van der Waals surface area (Å²) in [4.78, 5) is 14.2. The van der Waals surface area contributed by atoms with Gasteiger partial charge in [-0.25, -0.2) is 4.79 Å². The average molecular weight is 310 g/mol. The Labute approximate surface area is 136 Å². The third-order valence-electron chi connectivity index (χ3n) is 5.07. The first-order valence-electron chi connectivity index (χ1n) is 9.02. The molecule has 0 bridgehead atoms. The van der Waals surface area contributed by atoms with Crippen molar-refractivity contribution >= 4 is 6.09 Å². The molecule has 4 atom stereocenters. The maximum atomic E-state index is 12.3. The summed E-state index contributed by atoms with van der Waals surface area (Å²) in [6.45, 7) is 11.1. The van der Waals surface area contributed by atoms with E-state index in [1.165, 1.54) is 25.7 Å². The SMILES string of the molecule is CC1CCCCC1NC1CCN(C(=O)OC(C)(C)C)C(C)C1. The van der Waals surface area contributed by atoms with Crippen LogP contribution in [0, 0.1) is 5.92 Å². The van der Waals surface area contributed by atoms with E-state index in [2.05, 4.69) is 19.2 Å². The summed E-state index contributed by atoms with van der Waals surface area (Å²) in [5.41, 5.74) is -0.413. The molecule has 1 aliphatic heterocycles. The van der Waals surface area contributed by atoms with Crippen LogP contribution in [0.5, 0.6) is 0 Å². The summed E-state index contributed by atoms with van der Waals surface area (Å²) in [7, 11) is 0. The Kier molecular flexibility index (Phi) is 5.76. The van der Waals surface area contributed by atoms with E-state index in [1.807, 2.05) is 25.7 Å². The van der Waals surface area contributed by atoms with E-state index >= 15 is 0 Å². The largest absolute Gasteiger partial charge is 0.444 e. The number of carbonyl (C=O) groups excluding carboxylic acids is 1. The number of nitrogens with zero attached hydrogens (tertiary/aromatic N) is 1. The summed E-state index contributed by atoms with van der Waals surface area (Å²) in [6.07, 6.45) is 7.30.